The van der Waals surface area contributed by atoms with Gasteiger partial charge in [-0.1, -0.05) is 34.1 Å². The van der Waals surface area contributed by atoms with Gasteiger partial charge in [0.15, 0.2) is 0 Å². The molecular weight excluding hydrogens is 328 g/mol. The van der Waals surface area contributed by atoms with Crippen LogP contribution < -0.4 is 0 Å². The second-order valence-electron chi connectivity index (χ2n) is 3.79. The van der Waals surface area contributed by atoms with Gasteiger partial charge < -0.3 is 9.47 Å². The van der Waals surface area contributed by atoms with Crippen LogP contribution in [0.1, 0.15) is 10.4 Å². The van der Waals surface area contributed by atoms with Crippen LogP contribution in [0.2, 0.25) is 0 Å². The highest BCUT2D eigenvalue weighted by atomic mass is 79.9. The summed E-state index contributed by atoms with van der Waals surface area (Å²) in [5.74, 6) is -0.396. The Morgan fingerprint density at radius 3 is 2.74 bits per heavy atom. The number of methoxy groups -OCH3 is 2. The number of benzene rings is 1. The van der Waals surface area contributed by atoms with Crippen molar-refractivity contribution in [2.75, 3.05) is 14.2 Å². The first kappa shape index (κ1) is 14.1. The van der Waals surface area contributed by atoms with Crippen molar-refractivity contribution < 1.29 is 14.3 Å². The second-order valence-corrected chi connectivity index (χ2v) is 5.49. The summed E-state index contributed by atoms with van der Waals surface area (Å²) in [6.45, 7) is 0. The highest BCUT2D eigenvalue weighted by Crippen LogP contribution is 2.37. The number of esters is 1. The van der Waals surface area contributed by atoms with Gasteiger partial charge in [-0.25, -0.2) is 4.79 Å². The Kier molecular flexibility index (Phi) is 4.61. The highest BCUT2D eigenvalue weighted by Gasteiger charge is 2.21. The molecule has 0 aliphatic heterocycles. The average molecular weight is 341 g/mol. The van der Waals surface area contributed by atoms with Crippen LogP contribution >= 0.6 is 27.3 Å². The molecule has 0 saturated carbocycles. The lowest BCUT2D eigenvalue weighted by Gasteiger charge is -2.06. The maximum absolute atomic E-state index is 11.9. The number of thiophene rings is 1. The molecule has 2 rings (SSSR count). The van der Waals surface area contributed by atoms with Gasteiger partial charge in [-0.2, -0.15) is 0 Å². The van der Waals surface area contributed by atoms with Gasteiger partial charge in [0, 0.05) is 25.9 Å². The molecule has 5 heteroatoms. The van der Waals surface area contributed by atoms with Crippen LogP contribution in [-0.4, -0.2) is 20.2 Å². The van der Waals surface area contributed by atoms with Crippen LogP contribution in [0.15, 0.2) is 30.5 Å². The summed E-state index contributed by atoms with van der Waals surface area (Å²) in [4.78, 5) is 13.0. The van der Waals surface area contributed by atoms with Gasteiger partial charge in [-0.15, -0.1) is 11.3 Å². The van der Waals surface area contributed by atoms with Gasteiger partial charge in [0.2, 0.25) is 0 Å². The summed E-state index contributed by atoms with van der Waals surface area (Å²) in [6, 6.07) is 7.98. The summed E-state index contributed by atoms with van der Waals surface area (Å²) in [5.41, 5.74) is 1.32. The molecule has 0 amide bonds. The summed E-state index contributed by atoms with van der Waals surface area (Å²) in [7, 11) is 2.89. The van der Waals surface area contributed by atoms with Gasteiger partial charge >= 0.3 is 5.97 Å². The number of rotatable bonds is 4. The van der Waals surface area contributed by atoms with Gasteiger partial charge in [-0.05, 0) is 6.07 Å². The molecule has 1 heterocycles. The Balaban J connectivity index is 2.71. The Hall–Kier alpha value is -1.33. The Morgan fingerprint density at radius 1 is 1.37 bits per heavy atom. The van der Waals surface area contributed by atoms with Crippen LogP contribution in [0.4, 0.5) is 0 Å². The van der Waals surface area contributed by atoms with E-state index < -0.39 is 5.97 Å². The molecule has 3 nitrogen and oxygen atoms in total. The predicted octanol–water partition coefficient (Wildman–Crippen LogP) is 3.96. The molecule has 0 fully saturated rings. The fourth-order valence-corrected chi connectivity index (χ4v) is 3.61. The van der Waals surface area contributed by atoms with Crippen molar-refractivity contribution >= 4 is 48.9 Å². The van der Waals surface area contributed by atoms with E-state index >= 15 is 0 Å². The molecule has 1 aromatic carbocycles. The summed E-state index contributed by atoms with van der Waals surface area (Å²) < 4.78 is 11.0. The third-order valence-corrected chi connectivity index (χ3v) is 4.80. The minimum Gasteiger partial charge on any atom is -0.503 e. The fraction of sp³-hybridized carbons (Fsp3) is 0.214. The minimum atomic E-state index is -0.396. The Bertz CT molecular complexity index is 631. The zero-order chi connectivity index (χ0) is 13.8. The van der Waals surface area contributed by atoms with Crippen LogP contribution in [0, 0.1) is 0 Å². The van der Waals surface area contributed by atoms with Gasteiger partial charge in [0.1, 0.15) is 5.57 Å². The topological polar surface area (TPSA) is 35.5 Å². The second kappa shape index (κ2) is 6.21. The van der Waals surface area contributed by atoms with Crippen molar-refractivity contribution in [2.24, 2.45) is 0 Å². The maximum Gasteiger partial charge on any atom is 0.341 e. The minimum absolute atomic E-state index is 0.396. The third kappa shape index (κ3) is 2.67. The highest BCUT2D eigenvalue weighted by molar-refractivity contribution is 9.08. The normalized spacial score (nSPS) is 11.6. The Labute approximate surface area is 124 Å². The summed E-state index contributed by atoms with van der Waals surface area (Å²) in [5, 5.41) is 1.72. The molecule has 0 aliphatic carbocycles. The van der Waals surface area contributed by atoms with Crippen LogP contribution in [-0.2, 0) is 19.6 Å². The van der Waals surface area contributed by atoms with Gasteiger partial charge in [0.05, 0.1) is 20.5 Å². The molecule has 19 heavy (non-hydrogen) atoms. The molecular formula is C14H13BrO3S. The lowest BCUT2D eigenvalue weighted by Crippen LogP contribution is -2.05. The number of halogens is 1. The first-order valence-corrected chi connectivity index (χ1v) is 7.54. The number of fused-ring (bicyclic) bond motifs is 1. The number of carbonyl (C=O) groups is 1. The van der Waals surface area contributed by atoms with E-state index in [0.29, 0.717) is 10.9 Å². The predicted molar refractivity (Wildman–Crippen MR) is 81.5 cm³/mol. The Morgan fingerprint density at radius 2 is 2.11 bits per heavy atom. The SMILES string of the molecule is COC=C(C(=O)OC)c1c(CBr)sc2ccccc12. The average Bonchev–Trinajstić information content (AvgIpc) is 2.82. The zero-order valence-electron chi connectivity index (χ0n) is 10.6. The van der Waals surface area contributed by atoms with Crippen molar-refractivity contribution in [2.45, 2.75) is 5.33 Å². The maximum atomic E-state index is 11.9. The van der Waals surface area contributed by atoms with Crippen LogP contribution in [0.25, 0.3) is 15.7 Å². The molecule has 0 saturated heterocycles. The summed E-state index contributed by atoms with van der Waals surface area (Å²) in [6.07, 6.45) is 1.44. The molecule has 0 unspecified atom stereocenters. The third-order valence-electron chi connectivity index (χ3n) is 2.70. The van der Waals surface area contributed by atoms with E-state index in [0.717, 1.165) is 20.5 Å². The number of hydrogen-bond acceptors (Lipinski definition) is 4. The molecule has 0 aliphatic rings. The van der Waals surface area contributed by atoms with E-state index in [1.165, 1.54) is 20.5 Å². The lowest BCUT2D eigenvalue weighted by atomic mass is 10.0. The molecule has 0 radical (unpaired) electrons. The van der Waals surface area contributed by atoms with Crippen molar-refractivity contribution in [1.82, 2.24) is 0 Å². The molecule has 0 bridgehead atoms. The van der Waals surface area contributed by atoms with E-state index in [9.17, 15) is 4.79 Å². The van der Waals surface area contributed by atoms with Crippen LogP contribution in [0.5, 0.6) is 0 Å². The van der Waals surface area contributed by atoms with Crippen molar-refractivity contribution in [3.05, 3.63) is 41.0 Å². The van der Waals surface area contributed by atoms with Crippen molar-refractivity contribution in [3.63, 3.8) is 0 Å². The molecule has 100 valence electrons. The molecule has 1 aromatic heterocycles. The zero-order valence-corrected chi connectivity index (χ0v) is 13.0. The standard InChI is InChI=1S/C14H13BrO3S/c1-17-8-10(14(16)18-2)13-9-5-3-4-6-11(9)19-12(13)7-15/h3-6,8H,7H2,1-2H3. The van der Waals surface area contributed by atoms with E-state index in [2.05, 4.69) is 15.9 Å². The number of alkyl halides is 1. The number of hydrogen-bond donors (Lipinski definition) is 0. The van der Waals surface area contributed by atoms with Crippen molar-refractivity contribution in [1.29, 1.82) is 0 Å². The molecule has 2 aromatic rings. The van der Waals surface area contributed by atoms with Gasteiger partial charge in [0.25, 0.3) is 0 Å². The number of carbonyl (C=O) groups excluding carboxylic acids is 1. The van der Waals surface area contributed by atoms with Gasteiger partial charge in [-0.3, -0.25) is 0 Å². The van der Waals surface area contributed by atoms with E-state index in [-0.39, 0.29) is 0 Å². The number of ether oxygens (including phenoxy) is 2. The lowest BCUT2D eigenvalue weighted by molar-refractivity contribution is -0.133. The summed E-state index contributed by atoms with van der Waals surface area (Å²) >= 11 is 5.12. The van der Waals surface area contributed by atoms with E-state index in [1.807, 2.05) is 24.3 Å². The first-order chi connectivity index (χ1) is 9.22. The van der Waals surface area contributed by atoms with E-state index in [1.54, 1.807) is 11.3 Å². The molecule has 0 atom stereocenters. The molecule has 0 N–H and O–H groups in total. The monoisotopic (exact) mass is 340 g/mol. The van der Waals surface area contributed by atoms with E-state index in [4.69, 9.17) is 9.47 Å². The quantitative estimate of drug-likeness (QED) is 0.366. The fourth-order valence-electron chi connectivity index (χ4n) is 1.92. The van der Waals surface area contributed by atoms with Crippen LogP contribution in [0.3, 0.4) is 0 Å². The first-order valence-electron chi connectivity index (χ1n) is 5.61. The van der Waals surface area contributed by atoms with Crippen molar-refractivity contribution in [3.8, 4) is 0 Å². The smallest absolute Gasteiger partial charge is 0.341 e. The molecule has 0 spiro atoms. The largest absolute Gasteiger partial charge is 0.503 e.